The van der Waals surface area contributed by atoms with Crippen molar-refractivity contribution in [3.63, 3.8) is 0 Å². The minimum atomic E-state index is -0.0153. The monoisotopic (exact) mass is 354 g/mol. The number of carbonyl (C=O) groups is 1. The lowest BCUT2D eigenvalue weighted by atomic mass is 9.93. The molecular weight excluding hydrogens is 316 g/mol. The average molecular weight is 355 g/mol. The largest absolute Gasteiger partial charge is 0.379 e. The Morgan fingerprint density at radius 3 is 2.40 bits per heavy atom. The molecule has 146 valence electrons. The molecule has 2 fully saturated rings. The van der Waals surface area contributed by atoms with E-state index in [4.69, 9.17) is 4.74 Å². The van der Waals surface area contributed by atoms with Crippen LogP contribution in [0.15, 0.2) is 0 Å². The van der Waals surface area contributed by atoms with E-state index in [1.807, 2.05) is 0 Å². The van der Waals surface area contributed by atoms with E-state index < -0.39 is 0 Å². The van der Waals surface area contributed by atoms with Crippen LogP contribution >= 0.6 is 0 Å². The molecule has 0 bridgehead atoms. The second-order valence-electron chi connectivity index (χ2n) is 8.50. The number of morpholine rings is 1. The third kappa shape index (κ3) is 7.21. The Morgan fingerprint density at radius 2 is 1.80 bits per heavy atom. The van der Waals surface area contributed by atoms with Crippen molar-refractivity contribution in [3.8, 4) is 0 Å². The molecule has 0 spiro atoms. The molecule has 0 atom stereocenters. The van der Waals surface area contributed by atoms with E-state index in [-0.39, 0.29) is 11.4 Å². The zero-order valence-electron chi connectivity index (χ0n) is 16.7. The van der Waals surface area contributed by atoms with Crippen molar-refractivity contribution in [1.82, 2.24) is 20.0 Å². The van der Waals surface area contributed by atoms with Gasteiger partial charge in [-0.05, 0) is 72.8 Å². The molecule has 0 aromatic rings. The maximum atomic E-state index is 12.3. The van der Waals surface area contributed by atoms with E-state index in [0.717, 1.165) is 45.3 Å². The summed E-state index contributed by atoms with van der Waals surface area (Å²) < 4.78 is 5.42. The maximum Gasteiger partial charge on any atom is 0.234 e. The molecule has 1 N–H and O–H groups in total. The van der Waals surface area contributed by atoms with Gasteiger partial charge in [-0.25, -0.2) is 0 Å². The fourth-order valence-electron chi connectivity index (χ4n) is 3.73. The van der Waals surface area contributed by atoms with Gasteiger partial charge in [0.2, 0.25) is 5.91 Å². The van der Waals surface area contributed by atoms with Gasteiger partial charge in [-0.2, -0.15) is 0 Å². The van der Waals surface area contributed by atoms with Crippen LogP contribution in [-0.2, 0) is 9.53 Å². The number of hydrogen-bond acceptors (Lipinski definition) is 5. The van der Waals surface area contributed by atoms with Crippen molar-refractivity contribution in [1.29, 1.82) is 0 Å². The van der Waals surface area contributed by atoms with Crippen LogP contribution in [0.4, 0.5) is 0 Å². The second kappa shape index (κ2) is 9.86. The molecule has 25 heavy (non-hydrogen) atoms. The molecule has 6 heteroatoms. The SMILES string of the molecule is CN(C)CCC1CCN(CC(=O)NCC(C)(C)N2CCOCC2)CC1. The summed E-state index contributed by atoms with van der Waals surface area (Å²) in [6.07, 6.45) is 3.72. The minimum absolute atomic E-state index is 0.0153. The summed E-state index contributed by atoms with van der Waals surface area (Å²) in [5, 5.41) is 3.15. The Morgan fingerprint density at radius 1 is 1.16 bits per heavy atom. The van der Waals surface area contributed by atoms with Crippen LogP contribution in [0.5, 0.6) is 0 Å². The van der Waals surface area contributed by atoms with Crippen LogP contribution in [0.3, 0.4) is 0 Å². The van der Waals surface area contributed by atoms with E-state index in [9.17, 15) is 4.79 Å². The number of rotatable bonds is 8. The fraction of sp³-hybridized carbons (Fsp3) is 0.947. The number of likely N-dealkylation sites (tertiary alicyclic amines) is 1. The summed E-state index contributed by atoms with van der Waals surface area (Å²) in [4.78, 5) is 19.3. The number of amides is 1. The number of piperidine rings is 1. The average Bonchev–Trinajstić information content (AvgIpc) is 2.60. The Bertz CT molecular complexity index is 400. The molecule has 0 radical (unpaired) electrons. The molecule has 0 aromatic heterocycles. The molecule has 2 saturated heterocycles. The normalized spacial score (nSPS) is 21.6. The first-order valence-electron chi connectivity index (χ1n) is 9.83. The molecule has 2 heterocycles. The molecule has 0 unspecified atom stereocenters. The summed E-state index contributed by atoms with van der Waals surface area (Å²) in [5.41, 5.74) is -0.0153. The highest BCUT2D eigenvalue weighted by atomic mass is 16.5. The number of ether oxygens (including phenoxy) is 1. The number of carbonyl (C=O) groups excluding carboxylic acids is 1. The maximum absolute atomic E-state index is 12.3. The van der Waals surface area contributed by atoms with E-state index >= 15 is 0 Å². The van der Waals surface area contributed by atoms with Crippen molar-refractivity contribution in [3.05, 3.63) is 0 Å². The zero-order valence-corrected chi connectivity index (χ0v) is 16.7. The molecule has 0 aliphatic carbocycles. The van der Waals surface area contributed by atoms with Crippen molar-refractivity contribution in [2.24, 2.45) is 5.92 Å². The Hall–Kier alpha value is -0.690. The predicted octanol–water partition coefficient (Wildman–Crippen LogP) is 0.877. The van der Waals surface area contributed by atoms with Crippen LogP contribution in [0, 0.1) is 5.92 Å². The van der Waals surface area contributed by atoms with Crippen LogP contribution in [0.25, 0.3) is 0 Å². The van der Waals surface area contributed by atoms with Crippen LogP contribution in [0.2, 0.25) is 0 Å². The first-order valence-corrected chi connectivity index (χ1v) is 9.83. The summed E-state index contributed by atoms with van der Waals surface area (Å²) in [6, 6.07) is 0. The van der Waals surface area contributed by atoms with Gasteiger partial charge in [0.25, 0.3) is 0 Å². The van der Waals surface area contributed by atoms with Crippen molar-refractivity contribution < 1.29 is 9.53 Å². The molecular formula is C19H38N4O2. The molecule has 1 amide bonds. The Labute approximate surface area is 153 Å². The van der Waals surface area contributed by atoms with Crippen LogP contribution < -0.4 is 5.32 Å². The third-order valence-electron chi connectivity index (χ3n) is 5.64. The Balaban J connectivity index is 1.64. The topological polar surface area (TPSA) is 48.0 Å². The summed E-state index contributed by atoms with van der Waals surface area (Å²) >= 11 is 0. The van der Waals surface area contributed by atoms with Gasteiger partial charge in [-0.1, -0.05) is 0 Å². The number of hydrogen-bond donors (Lipinski definition) is 1. The van der Waals surface area contributed by atoms with Gasteiger partial charge >= 0.3 is 0 Å². The molecule has 0 saturated carbocycles. The molecule has 2 aliphatic heterocycles. The van der Waals surface area contributed by atoms with Crippen molar-refractivity contribution in [2.75, 3.05) is 73.1 Å². The predicted molar refractivity (Wildman–Crippen MR) is 102 cm³/mol. The van der Waals surface area contributed by atoms with E-state index in [0.29, 0.717) is 13.1 Å². The lowest BCUT2D eigenvalue weighted by Crippen LogP contribution is -2.56. The van der Waals surface area contributed by atoms with Gasteiger partial charge < -0.3 is 15.0 Å². The van der Waals surface area contributed by atoms with Crippen LogP contribution in [-0.4, -0.2) is 99.3 Å². The standard InChI is InChI=1S/C19H38N4O2/c1-19(2,23-11-13-25-14-12-23)16-20-18(24)15-22-9-6-17(7-10-22)5-8-21(3)4/h17H,5-16H2,1-4H3,(H,20,24). The van der Waals surface area contributed by atoms with Crippen LogP contribution in [0.1, 0.15) is 33.1 Å². The molecule has 2 aliphatic rings. The summed E-state index contributed by atoms with van der Waals surface area (Å²) in [7, 11) is 4.27. The molecule has 2 rings (SSSR count). The van der Waals surface area contributed by atoms with Crippen molar-refractivity contribution in [2.45, 2.75) is 38.6 Å². The minimum Gasteiger partial charge on any atom is -0.379 e. The molecule has 6 nitrogen and oxygen atoms in total. The zero-order chi connectivity index (χ0) is 18.3. The smallest absolute Gasteiger partial charge is 0.234 e. The quantitative estimate of drug-likeness (QED) is 0.701. The lowest BCUT2D eigenvalue weighted by Gasteiger charge is -2.41. The van der Waals surface area contributed by atoms with E-state index in [2.05, 4.69) is 48.0 Å². The first kappa shape index (κ1) is 20.6. The van der Waals surface area contributed by atoms with Gasteiger partial charge in [-0.15, -0.1) is 0 Å². The summed E-state index contributed by atoms with van der Waals surface area (Å²) in [5.74, 6) is 0.982. The van der Waals surface area contributed by atoms with Gasteiger partial charge in [0, 0.05) is 25.2 Å². The highest BCUT2D eigenvalue weighted by molar-refractivity contribution is 5.78. The van der Waals surface area contributed by atoms with E-state index in [1.165, 1.54) is 25.8 Å². The van der Waals surface area contributed by atoms with E-state index in [1.54, 1.807) is 0 Å². The Kier molecular flexibility index (Phi) is 8.13. The second-order valence-corrected chi connectivity index (χ2v) is 8.50. The third-order valence-corrected chi connectivity index (χ3v) is 5.64. The highest BCUT2D eigenvalue weighted by Crippen LogP contribution is 2.20. The highest BCUT2D eigenvalue weighted by Gasteiger charge is 2.29. The first-order chi connectivity index (χ1) is 11.9. The summed E-state index contributed by atoms with van der Waals surface area (Å²) in [6.45, 7) is 12.4. The van der Waals surface area contributed by atoms with Gasteiger partial charge in [-0.3, -0.25) is 14.6 Å². The number of nitrogens with zero attached hydrogens (tertiary/aromatic N) is 3. The van der Waals surface area contributed by atoms with Crippen molar-refractivity contribution >= 4 is 5.91 Å². The lowest BCUT2D eigenvalue weighted by molar-refractivity contribution is -0.123. The van der Waals surface area contributed by atoms with Gasteiger partial charge in [0.1, 0.15) is 0 Å². The molecule has 0 aromatic carbocycles. The number of nitrogens with one attached hydrogen (secondary N) is 1. The fourth-order valence-corrected chi connectivity index (χ4v) is 3.73. The van der Waals surface area contributed by atoms with Gasteiger partial charge in [0.05, 0.1) is 19.8 Å². The van der Waals surface area contributed by atoms with Gasteiger partial charge in [0.15, 0.2) is 0 Å².